The Morgan fingerprint density at radius 3 is 2.83 bits per heavy atom. The summed E-state index contributed by atoms with van der Waals surface area (Å²) < 4.78 is 1.61. The van der Waals surface area contributed by atoms with Crippen molar-refractivity contribution in [2.45, 2.75) is 26.3 Å². The van der Waals surface area contributed by atoms with E-state index in [0.717, 1.165) is 22.6 Å². The lowest BCUT2D eigenvalue weighted by Gasteiger charge is -2.09. The number of amides is 1. The van der Waals surface area contributed by atoms with Crippen molar-refractivity contribution < 1.29 is 4.79 Å². The molecule has 1 amide bonds. The fourth-order valence-corrected chi connectivity index (χ4v) is 2.66. The van der Waals surface area contributed by atoms with Crippen molar-refractivity contribution in [3.63, 3.8) is 0 Å². The van der Waals surface area contributed by atoms with Gasteiger partial charge in [0.05, 0.1) is 11.0 Å². The van der Waals surface area contributed by atoms with Crippen LogP contribution in [-0.2, 0) is 17.8 Å². The van der Waals surface area contributed by atoms with Gasteiger partial charge in [0.15, 0.2) is 0 Å². The minimum atomic E-state index is -0.0786. The number of para-hydroxylation sites is 2. The summed E-state index contributed by atoms with van der Waals surface area (Å²) in [5.74, 6) is 0.785. The molecular formula is C18H20N4O2. The molecule has 6 nitrogen and oxygen atoms in total. The number of aromatic nitrogens is 3. The summed E-state index contributed by atoms with van der Waals surface area (Å²) >= 11 is 0. The van der Waals surface area contributed by atoms with E-state index in [-0.39, 0.29) is 17.9 Å². The van der Waals surface area contributed by atoms with Crippen molar-refractivity contribution in [3.8, 4) is 0 Å². The second-order valence-corrected chi connectivity index (χ2v) is 5.71. The molecular weight excluding hydrogens is 304 g/mol. The SMILES string of the molecule is Cc1cccc(=O)n1CCC(=O)NCCc1nc2ccccc2[nH]1. The molecule has 0 radical (unpaired) electrons. The van der Waals surface area contributed by atoms with Crippen molar-refractivity contribution in [2.75, 3.05) is 6.54 Å². The minimum absolute atomic E-state index is 0.0683. The van der Waals surface area contributed by atoms with Gasteiger partial charge in [0, 0.05) is 37.7 Å². The Morgan fingerprint density at radius 1 is 1.21 bits per heavy atom. The average molecular weight is 324 g/mol. The first kappa shape index (κ1) is 16.0. The molecule has 124 valence electrons. The molecule has 24 heavy (non-hydrogen) atoms. The Kier molecular flexibility index (Phi) is 4.74. The molecule has 3 rings (SSSR count). The van der Waals surface area contributed by atoms with E-state index in [1.165, 1.54) is 6.07 Å². The number of aromatic amines is 1. The fourth-order valence-electron chi connectivity index (χ4n) is 2.66. The van der Waals surface area contributed by atoms with Gasteiger partial charge in [0.1, 0.15) is 5.82 Å². The lowest BCUT2D eigenvalue weighted by atomic mass is 10.3. The Labute approximate surface area is 139 Å². The number of aryl methyl sites for hydroxylation is 1. The van der Waals surface area contributed by atoms with Crippen LogP contribution in [0.3, 0.4) is 0 Å². The highest BCUT2D eigenvalue weighted by atomic mass is 16.1. The van der Waals surface area contributed by atoms with E-state index < -0.39 is 0 Å². The Balaban J connectivity index is 1.48. The third-order valence-electron chi connectivity index (χ3n) is 3.95. The first-order valence-corrected chi connectivity index (χ1v) is 8.00. The van der Waals surface area contributed by atoms with E-state index in [0.29, 0.717) is 19.5 Å². The predicted molar refractivity (Wildman–Crippen MR) is 92.9 cm³/mol. The first-order valence-electron chi connectivity index (χ1n) is 8.00. The molecule has 0 saturated heterocycles. The van der Waals surface area contributed by atoms with Crippen molar-refractivity contribution in [3.05, 3.63) is 64.3 Å². The topological polar surface area (TPSA) is 79.8 Å². The van der Waals surface area contributed by atoms with Crippen LogP contribution in [0.15, 0.2) is 47.3 Å². The third-order valence-corrected chi connectivity index (χ3v) is 3.95. The second kappa shape index (κ2) is 7.12. The minimum Gasteiger partial charge on any atom is -0.356 e. The number of carbonyl (C=O) groups excluding carboxylic acids is 1. The normalized spacial score (nSPS) is 10.9. The highest BCUT2D eigenvalue weighted by molar-refractivity contribution is 5.76. The highest BCUT2D eigenvalue weighted by Crippen LogP contribution is 2.10. The number of rotatable bonds is 6. The number of H-pyrrole nitrogens is 1. The van der Waals surface area contributed by atoms with Gasteiger partial charge in [-0.15, -0.1) is 0 Å². The number of benzene rings is 1. The van der Waals surface area contributed by atoms with Crippen LogP contribution in [0.2, 0.25) is 0 Å². The Bertz CT molecular complexity index is 878. The van der Waals surface area contributed by atoms with Gasteiger partial charge in [0.25, 0.3) is 5.56 Å². The molecule has 2 N–H and O–H groups in total. The molecule has 0 atom stereocenters. The molecule has 0 fully saturated rings. The summed E-state index contributed by atoms with van der Waals surface area (Å²) in [6, 6.07) is 12.9. The summed E-state index contributed by atoms with van der Waals surface area (Å²) in [6.45, 7) is 2.77. The largest absolute Gasteiger partial charge is 0.356 e. The summed E-state index contributed by atoms with van der Waals surface area (Å²) in [5, 5.41) is 2.87. The Hall–Kier alpha value is -2.89. The van der Waals surface area contributed by atoms with Crippen molar-refractivity contribution in [2.24, 2.45) is 0 Å². The van der Waals surface area contributed by atoms with Crippen LogP contribution in [0.25, 0.3) is 11.0 Å². The Morgan fingerprint density at radius 2 is 2.04 bits per heavy atom. The van der Waals surface area contributed by atoms with E-state index in [1.54, 1.807) is 10.6 Å². The fraction of sp³-hybridized carbons (Fsp3) is 0.278. The smallest absolute Gasteiger partial charge is 0.250 e. The standard InChI is InChI=1S/C18H20N4O2/c1-13-5-4-8-18(24)22(13)12-10-17(23)19-11-9-16-20-14-6-2-3-7-15(14)21-16/h2-8H,9-12H2,1H3,(H,19,23)(H,20,21). The zero-order valence-electron chi connectivity index (χ0n) is 13.6. The predicted octanol–water partition coefficient (Wildman–Crippen LogP) is 1.78. The summed E-state index contributed by atoms with van der Waals surface area (Å²) in [4.78, 5) is 31.4. The summed E-state index contributed by atoms with van der Waals surface area (Å²) in [6.07, 6.45) is 0.926. The van der Waals surface area contributed by atoms with E-state index >= 15 is 0 Å². The van der Waals surface area contributed by atoms with Crippen LogP contribution in [0, 0.1) is 6.92 Å². The summed E-state index contributed by atoms with van der Waals surface area (Å²) in [5.41, 5.74) is 2.71. The van der Waals surface area contributed by atoms with Crippen LogP contribution >= 0.6 is 0 Å². The molecule has 0 bridgehead atoms. The second-order valence-electron chi connectivity index (χ2n) is 5.71. The number of hydrogen-bond acceptors (Lipinski definition) is 3. The molecule has 2 aromatic heterocycles. The van der Waals surface area contributed by atoms with Gasteiger partial charge in [0.2, 0.25) is 5.91 Å². The van der Waals surface area contributed by atoms with Crippen LogP contribution < -0.4 is 10.9 Å². The van der Waals surface area contributed by atoms with Gasteiger partial charge in [-0.05, 0) is 25.1 Å². The molecule has 3 aromatic rings. The number of fused-ring (bicyclic) bond motifs is 1. The van der Waals surface area contributed by atoms with E-state index in [9.17, 15) is 9.59 Å². The summed E-state index contributed by atoms with van der Waals surface area (Å²) in [7, 11) is 0. The van der Waals surface area contributed by atoms with E-state index in [2.05, 4.69) is 15.3 Å². The van der Waals surface area contributed by atoms with Crippen LogP contribution in [0.1, 0.15) is 17.9 Å². The van der Waals surface area contributed by atoms with Crippen molar-refractivity contribution in [1.29, 1.82) is 0 Å². The number of pyridine rings is 1. The molecule has 0 spiro atoms. The molecule has 6 heteroatoms. The maximum Gasteiger partial charge on any atom is 0.250 e. The van der Waals surface area contributed by atoms with Gasteiger partial charge < -0.3 is 14.9 Å². The van der Waals surface area contributed by atoms with Crippen LogP contribution in [0.5, 0.6) is 0 Å². The molecule has 1 aromatic carbocycles. The molecule has 0 saturated carbocycles. The molecule has 2 heterocycles. The van der Waals surface area contributed by atoms with Crippen molar-refractivity contribution >= 4 is 16.9 Å². The molecule has 0 unspecified atom stereocenters. The van der Waals surface area contributed by atoms with Crippen molar-refractivity contribution in [1.82, 2.24) is 19.9 Å². The average Bonchev–Trinajstić information content (AvgIpc) is 2.97. The third kappa shape index (κ3) is 3.71. The van der Waals surface area contributed by atoms with Gasteiger partial charge >= 0.3 is 0 Å². The number of carbonyl (C=O) groups is 1. The number of nitrogens with one attached hydrogen (secondary N) is 2. The maximum atomic E-state index is 11.9. The van der Waals surface area contributed by atoms with E-state index in [1.807, 2.05) is 37.3 Å². The number of nitrogens with zero attached hydrogens (tertiary/aromatic N) is 2. The first-order chi connectivity index (χ1) is 11.6. The van der Waals surface area contributed by atoms with E-state index in [4.69, 9.17) is 0 Å². The lowest BCUT2D eigenvalue weighted by Crippen LogP contribution is -2.29. The van der Waals surface area contributed by atoms with Gasteiger partial charge in [-0.1, -0.05) is 18.2 Å². The van der Waals surface area contributed by atoms with Gasteiger partial charge in [-0.3, -0.25) is 9.59 Å². The molecule has 0 aliphatic rings. The molecule has 0 aliphatic heterocycles. The lowest BCUT2D eigenvalue weighted by molar-refractivity contribution is -0.121. The maximum absolute atomic E-state index is 11.9. The number of imidazole rings is 1. The van der Waals surface area contributed by atoms with Gasteiger partial charge in [-0.2, -0.15) is 0 Å². The monoisotopic (exact) mass is 324 g/mol. The zero-order chi connectivity index (χ0) is 16.9. The number of hydrogen-bond donors (Lipinski definition) is 2. The zero-order valence-corrected chi connectivity index (χ0v) is 13.6. The molecule has 0 aliphatic carbocycles. The van der Waals surface area contributed by atoms with Crippen LogP contribution in [-0.4, -0.2) is 27.0 Å². The highest BCUT2D eigenvalue weighted by Gasteiger charge is 2.06. The van der Waals surface area contributed by atoms with Crippen LogP contribution in [0.4, 0.5) is 0 Å². The van der Waals surface area contributed by atoms with Gasteiger partial charge in [-0.25, -0.2) is 4.98 Å². The quantitative estimate of drug-likeness (QED) is 0.725.